The second kappa shape index (κ2) is 8.44. The summed E-state index contributed by atoms with van der Waals surface area (Å²) in [5.41, 5.74) is 0.840. The number of benzene rings is 1. The molecule has 1 aliphatic heterocycles. The molecule has 132 valence electrons. The van der Waals surface area contributed by atoms with Gasteiger partial charge in [-0.25, -0.2) is 13.1 Å². The maximum Gasteiger partial charge on any atom is 0.240 e. The number of rotatable bonds is 7. The highest BCUT2D eigenvalue weighted by molar-refractivity contribution is 7.89. The Labute approximate surface area is 145 Å². The fraction of sp³-hybridized carbons (Fsp3) is 0.625. The third-order valence-electron chi connectivity index (χ3n) is 4.21. The maximum atomic E-state index is 12.4. The Kier molecular flexibility index (Phi) is 7.48. The summed E-state index contributed by atoms with van der Waals surface area (Å²) in [6.07, 6.45) is 1.95. The Morgan fingerprint density at radius 3 is 2.43 bits per heavy atom. The van der Waals surface area contributed by atoms with Gasteiger partial charge in [0.15, 0.2) is 0 Å². The number of nitrogens with one attached hydrogen (secondary N) is 2. The van der Waals surface area contributed by atoms with Crippen molar-refractivity contribution < 1.29 is 13.2 Å². The maximum absolute atomic E-state index is 12.4. The highest BCUT2D eigenvalue weighted by atomic mass is 35.5. The molecule has 0 amide bonds. The number of hydrogen-bond acceptors (Lipinski definition) is 4. The summed E-state index contributed by atoms with van der Waals surface area (Å²) in [4.78, 5) is 0.308. The lowest BCUT2D eigenvalue weighted by Crippen LogP contribution is -2.52. The smallest absolute Gasteiger partial charge is 0.240 e. The highest BCUT2D eigenvalue weighted by Crippen LogP contribution is 2.21. The van der Waals surface area contributed by atoms with E-state index in [9.17, 15) is 8.42 Å². The largest absolute Gasteiger partial charge is 0.383 e. The molecule has 0 saturated carbocycles. The Morgan fingerprint density at radius 1 is 1.30 bits per heavy atom. The summed E-state index contributed by atoms with van der Waals surface area (Å²) in [6, 6.07) is 7.08. The predicted molar refractivity (Wildman–Crippen MR) is 94.8 cm³/mol. The zero-order valence-electron chi connectivity index (χ0n) is 14.0. The first kappa shape index (κ1) is 20.4. The van der Waals surface area contributed by atoms with Gasteiger partial charge in [-0.1, -0.05) is 26.0 Å². The molecule has 0 bridgehead atoms. The van der Waals surface area contributed by atoms with Crippen molar-refractivity contribution in [2.24, 2.45) is 0 Å². The molecule has 1 aromatic carbocycles. The summed E-state index contributed by atoms with van der Waals surface area (Å²) >= 11 is 0. The Morgan fingerprint density at radius 2 is 1.96 bits per heavy atom. The molecule has 2 N–H and O–H groups in total. The number of methoxy groups -OCH3 is 1. The summed E-state index contributed by atoms with van der Waals surface area (Å²) in [6.45, 7) is 5.91. The molecule has 0 aliphatic carbocycles. The van der Waals surface area contributed by atoms with Crippen molar-refractivity contribution >= 4 is 22.4 Å². The average molecular weight is 363 g/mol. The van der Waals surface area contributed by atoms with Gasteiger partial charge in [-0.15, -0.1) is 12.4 Å². The lowest BCUT2D eigenvalue weighted by molar-refractivity contribution is 0.122. The fourth-order valence-electron chi connectivity index (χ4n) is 2.82. The topological polar surface area (TPSA) is 67.4 Å². The minimum Gasteiger partial charge on any atom is -0.383 e. The standard InChI is InChI=1S/C16H26N2O3S.ClH/c1-13(2)14-5-7-15(8-6-14)22(19,20)18-11-16(12-21-3)9-4-10-17-16;/h5-8,13,17-18H,4,9-12H2,1-3H3;1H. The van der Waals surface area contributed by atoms with Crippen LogP contribution in [0.2, 0.25) is 0 Å². The quantitative estimate of drug-likeness (QED) is 0.780. The average Bonchev–Trinajstić information content (AvgIpc) is 2.95. The van der Waals surface area contributed by atoms with E-state index in [0.717, 1.165) is 24.9 Å². The molecule has 0 spiro atoms. The summed E-state index contributed by atoms with van der Waals surface area (Å²) in [5.74, 6) is 0.386. The van der Waals surface area contributed by atoms with Crippen molar-refractivity contribution in [3.05, 3.63) is 29.8 Å². The Balaban J connectivity index is 0.00000264. The lowest BCUT2D eigenvalue weighted by Gasteiger charge is -2.28. The molecular formula is C16H27ClN2O3S. The molecule has 1 heterocycles. The molecule has 5 nitrogen and oxygen atoms in total. The molecule has 23 heavy (non-hydrogen) atoms. The molecule has 0 aromatic heterocycles. The van der Waals surface area contributed by atoms with Crippen LogP contribution in [-0.4, -0.2) is 40.8 Å². The Bertz CT molecular complexity index is 582. The van der Waals surface area contributed by atoms with E-state index >= 15 is 0 Å². The van der Waals surface area contributed by atoms with Gasteiger partial charge in [0.1, 0.15) is 0 Å². The van der Waals surface area contributed by atoms with Gasteiger partial charge in [0.2, 0.25) is 10.0 Å². The minimum atomic E-state index is -3.49. The van der Waals surface area contributed by atoms with E-state index in [-0.39, 0.29) is 17.9 Å². The normalized spacial score (nSPS) is 21.4. The third-order valence-corrected chi connectivity index (χ3v) is 5.63. The van der Waals surface area contributed by atoms with E-state index in [4.69, 9.17) is 4.74 Å². The van der Waals surface area contributed by atoms with Gasteiger partial charge in [0.25, 0.3) is 0 Å². The van der Waals surface area contributed by atoms with Crippen molar-refractivity contribution in [3.8, 4) is 0 Å². The second-order valence-electron chi connectivity index (χ2n) is 6.29. The van der Waals surface area contributed by atoms with E-state index in [1.54, 1.807) is 19.2 Å². The van der Waals surface area contributed by atoms with Gasteiger partial charge < -0.3 is 10.1 Å². The number of sulfonamides is 1. The van der Waals surface area contributed by atoms with Crippen molar-refractivity contribution in [2.75, 3.05) is 26.8 Å². The molecule has 0 radical (unpaired) electrons. The third kappa shape index (κ3) is 5.16. The molecule has 7 heteroatoms. The van der Waals surface area contributed by atoms with E-state index in [1.807, 2.05) is 12.1 Å². The van der Waals surface area contributed by atoms with Crippen LogP contribution in [0.1, 0.15) is 38.2 Å². The van der Waals surface area contributed by atoms with Gasteiger partial charge >= 0.3 is 0 Å². The second-order valence-corrected chi connectivity index (χ2v) is 8.06. The van der Waals surface area contributed by atoms with Crippen LogP contribution < -0.4 is 10.0 Å². The first-order valence-electron chi connectivity index (χ1n) is 7.72. The monoisotopic (exact) mass is 362 g/mol. The highest BCUT2D eigenvalue weighted by Gasteiger charge is 2.34. The van der Waals surface area contributed by atoms with Crippen LogP contribution in [0.25, 0.3) is 0 Å². The van der Waals surface area contributed by atoms with Gasteiger partial charge in [-0.3, -0.25) is 0 Å². The number of hydrogen-bond donors (Lipinski definition) is 2. The van der Waals surface area contributed by atoms with Crippen LogP contribution in [-0.2, 0) is 14.8 Å². The molecular weight excluding hydrogens is 336 g/mol. The van der Waals surface area contributed by atoms with E-state index in [2.05, 4.69) is 23.9 Å². The van der Waals surface area contributed by atoms with Crippen LogP contribution in [0.3, 0.4) is 0 Å². The van der Waals surface area contributed by atoms with Crippen LogP contribution >= 0.6 is 12.4 Å². The van der Waals surface area contributed by atoms with Crippen LogP contribution in [0.5, 0.6) is 0 Å². The van der Waals surface area contributed by atoms with Gasteiger partial charge in [-0.05, 0) is 43.0 Å². The number of halogens is 1. The van der Waals surface area contributed by atoms with Gasteiger partial charge in [0, 0.05) is 13.7 Å². The minimum absolute atomic E-state index is 0. The van der Waals surface area contributed by atoms with Gasteiger partial charge in [0.05, 0.1) is 17.0 Å². The zero-order chi connectivity index (χ0) is 16.2. The molecule has 2 rings (SSSR count). The van der Waals surface area contributed by atoms with Crippen LogP contribution in [0.4, 0.5) is 0 Å². The molecule has 1 aliphatic rings. The zero-order valence-corrected chi connectivity index (χ0v) is 15.6. The SMILES string of the molecule is COCC1(CNS(=O)(=O)c2ccc(C(C)C)cc2)CCCN1.Cl. The lowest BCUT2D eigenvalue weighted by atomic mass is 9.99. The van der Waals surface area contributed by atoms with Crippen molar-refractivity contribution in [3.63, 3.8) is 0 Å². The van der Waals surface area contributed by atoms with Gasteiger partial charge in [-0.2, -0.15) is 0 Å². The summed E-state index contributed by atoms with van der Waals surface area (Å²) < 4.78 is 32.8. The van der Waals surface area contributed by atoms with E-state index in [1.165, 1.54) is 0 Å². The summed E-state index contributed by atoms with van der Waals surface area (Å²) in [5, 5.41) is 3.37. The Hall–Kier alpha value is -0.660. The van der Waals surface area contributed by atoms with Crippen LogP contribution in [0, 0.1) is 0 Å². The van der Waals surface area contributed by atoms with E-state index < -0.39 is 10.0 Å². The molecule has 1 fully saturated rings. The van der Waals surface area contributed by atoms with E-state index in [0.29, 0.717) is 24.0 Å². The van der Waals surface area contributed by atoms with Crippen molar-refractivity contribution in [1.29, 1.82) is 0 Å². The summed E-state index contributed by atoms with van der Waals surface area (Å²) in [7, 11) is -1.85. The van der Waals surface area contributed by atoms with Crippen LogP contribution in [0.15, 0.2) is 29.2 Å². The molecule has 1 unspecified atom stereocenters. The van der Waals surface area contributed by atoms with Crippen molar-refractivity contribution in [2.45, 2.75) is 43.0 Å². The fourth-order valence-corrected chi connectivity index (χ4v) is 3.95. The molecule has 1 aromatic rings. The first-order chi connectivity index (χ1) is 10.4. The predicted octanol–water partition coefficient (Wildman–Crippen LogP) is 2.28. The molecule has 1 saturated heterocycles. The number of ether oxygens (including phenoxy) is 1. The molecule has 1 atom stereocenters. The van der Waals surface area contributed by atoms with Crippen molar-refractivity contribution in [1.82, 2.24) is 10.0 Å². The first-order valence-corrected chi connectivity index (χ1v) is 9.20.